The van der Waals surface area contributed by atoms with Crippen molar-refractivity contribution in [2.45, 2.75) is 6.92 Å². The minimum Gasteiger partial charge on any atom is -0.348 e. The van der Waals surface area contributed by atoms with Crippen LogP contribution in [0.1, 0.15) is 18.1 Å². The third-order valence-electron chi connectivity index (χ3n) is 4.27. The van der Waals surface area contributed by atoms with Gasteiger partial charge >= 0.3 is 0 Å². The van der Waals surface area contributed by atoms with E-state index >= 15 is 0 Å². The molecule has 2 aromatic carbocycles. The Balaban J connectivity index is 1.94. The normalized spacial score (nSPS) is 14.6. The highest BCUT2D eigenvalue weighted by molar-refractivity contribution is 5.87. The minimum absolute atomic E-state index is 0.296. The van der Waals surface area contributed by atoms with Crippen LogP contribution in [0.2, 0.25) is 0 Å². The van der Waals surface area contributed by atoms with Gasteiger partial charge in [-0.05, 0) is 36.8 Å². The van der Waals surface area contributed by atoms with E-state index in [1.807, 2.05) is 42.6 Å². The lowest BCUT2D eigenvalue weighted by Crippen LogP contribution is -2.18. The third-order valence-corrected chi connectivity index (χ3v) is 4.27. The summed E-state index contributed by atoms with van der Waals surface area (Å²) >= 11 is 0. The smallest absolute Gasteiger partial charge is 0.283 e. The summed E-state index contributed by atoms with van der Waals surface area (Å²) in [6.07, 6.45) is 9.15. The monoisotopic (exact) mass is 363 g/mol. The Morgan fingerprint density at radius 1 is 1.07 bits per heavy atom. The Morgan fingerprint density at radius 2 is 1.85 bits per heavy atom. The van der Waals surface area contributed by atoms with Crippen molar-refractivity contribution >= 4 is 28.7 Å². The quantitative estimate of drug-likeness (QED) is 0.553. The number of nitrogens with zero attached hydrogens (tertiary/aromatic N) is 3. The zero-order chi connectivity index (χ0) is 19.4. The Kier molecular flexibility index (Phi) is 5.12. The van der Waals surface area contributed by atoms with Crippen molar-refractivity contribution in [3.05, 3.63) is 98.2 Å². The highest BCUT2D eigenvalue weighted by Crippen LogP contribution is 2.32. The van der Waals surface area contributed by atoms with Crippen LogP contribution in [0.15, 0.2) is 66.9 Å². The van der Waals surface area contributed by atoms with Crippen molar-refractivity contribution < 1.29 is 9.85 Å². The summed E-state index contributed by atoms with van der Waals surface area (Å²) in [5.41, 5.74) is 2.87. The summed E-state index contributed by atoms with van der Waals surface area (Å²) in [7, 11) is 0. The van der Waals surface area contributed by atoms with Crippen molar-refractivity contribution in [1.29, 1.82) is 0 Å². The number of benzene rings is 2. The van der Waals surface area contributed by atoms with Gasteiger partial charge in [-0.3, -0.25) is 20.2 Å². The number of allylic oxidation sites excluding steroid dienone is 4. The lowest BCUT2D eigenvalue weighted by atomic mass is 9.99. The molecule has 0 aromatic heterocycles. The van der Waals surface area contributed by atoms with E-state index in [0.717, 1.165) is 29.4 Å². The van der Waals surface area contributed by atoms with Gasteiger partial charge in [0, 0.05) is 30.1 Å². The molecule has 0 saturated carbocycles. The first-order valence-electron chi connectivity index (χ1n) is 8.36. The Bertz CT molecular complexity index is 992. The molecule has 0 spiro atoms. The van der Waals surface area contributed by atoms with Gasteiger partial charge < -0.3 is 4.90 Å². The first kappa shape index (κ1) is 18.1. The van der Waals surface area contributed by atoms with Gasteiger partial charge in [0.05, 0.1) is 21.5 Å². The van der Waals surface area contributed by atoms with E-state index in [4.69, 9.17) is 0 Å². The van der Waals surface area contributed by atoms with E-state index < -0.39 is 9.85 Å². The molecule has 7 nitrogen and oxygen atoms in total. The summed E-state index contributed by atoms with van der Waals surface area (Å²) < 4.78 is 0. The molecule has 136 valence electrons. The Hall–Kier alpha value is -3.74. The molecule has 0 bridgehead atoms. The molecule has 0 fully saturated rings. The van der Waals surface area contributed by atoms with Crippen molar-refractivity contribution in [2.75, 3.05) is 11.4 Å². The fourth-order valence-electron chi connectivity index (χ4n) is 2.93. The van der Waals surface area contributed by atoms with E-state index in [1.54, 1.807) is 12.2 Å². The van der Waals surface area contributed by atoms with E-state index in [1.165, 1.54) is 12.1 Å². The Morgan fingerprint density at radius 3 is 2.56 bits per heavy atom. The zero-order valence-corrected chi connectivity index (χ0v) is 14.6. The van der Waals surface area contributed by atoms with E-state index in [-0.39, 0.29) is 11.4 Å². The van der Waals surface area contributed by atoms with E-state index in [9.17, 15) is 20.2 Å². The number of nitro benzene ring substituents is 2. The molecule has 0 unspecified atom stereocenters. The van der Waals surface area contributed by atoms with Gasteiger partial charge in [0.1, 0.15) is 0 Å². The van der Waals surface area contributed by atoms with Crippen molar-refractivity contribution in [2.24, 2.45) is 0 Å². The van der Waals surface area contributed by atoms with Gasteiger partial charge in [-0.2, -0.15) is 0 Å². The van der Waals surface area contributed by atoms with Crippen LogP contribution in [-0.4, -0.2) is 16.4 Å². The van der Waals surface area contributed by atoms with Crippen LogP contribution in [0.4, 0.5) is 17.1 Å². The third kappa shape index (κ3) is 3.77. The first-order valence-corrected chi connectivity index (χ1v) is 8.36. The maximum Gasteiger partial charge on any atom is 0.283 e. The molecule has 0 amide bonds. The van der Waals surface area contributed by atoms with Crippen molar-refractivity contribution in [1.82, 2.24) is 0 Å². The SMILES string of the molecule is CCN1C=CC(=CC=Cc2ccc([N+](=O)[O-])cc2[N+](=O)[O-])c2ccccc21. The fraction of sp³-hybridized carbons (Fsp3) is 0.100. The van der Waals surface area contributed by atoms with Crippen LogP contribution in [0.5, 0.6) is 0 Å². The average Bonchev–Trinajstić information content (AvgIpc) is 2.68. The molecule has 7 heteroatoms. The molecule has 0 radical (unpaired) electrons. The maximum absolute atomic E-state index is 11.2. The van der Waals surface area contributed by atoms with Crippen LogP contribution < -0.4 is 4.90 Å². The molecule has 1 aliphatic rings. The topological polar surface area (TPSA) is 89.5 Å². The molecular weight excluding hydrogens is 346 g/mol. The van der Waals surface area contributed by atoms with Gasteiger partial charge in [0.15, 0.2) is 0 Å². The Labute approximate surface area is 155 Å². The number of nitro groups is 2. The summed E-state index contributed by atoms with van der Waals surface area (Å²) in [5, 5.41) is 22.0. The number of rotatable bonds is 5. The minimum atomic E-state index is -0.647. The van der Waals surface area contributed by atoms with Crippen LogP contribution in [-0.2, 0) is 0 Å². The number of hydrogen-bond donors (Lipinski definition) is 0. The van der Waals surface area contributed by atoms with Crippen LogP contribution >= 0.6 is 0 Å². The summed E-state index contributed by atoms with van der Waals surface area (Å²) in [4.78, 5) is 22.9. The molecule has 3 rings (SSSR count). The number of para-hydroxylation sites is 1. The lowest BCUT2D eigenvalue weighted by molar-refractivity contribution is -0.394. The van der Waals surface area contributed by atoms with Crippen LogP contribution in [0.25, 0.3) is 11.6 Å². The highest BCUT2D eigenvalue weighted by atomic mass is 16.6. The summed E-state index contributed by atoms with van der Waals surface area (Å²) in [6, 6.07) is 11.6. The average molecular weight is 363 g/mol. The van der Waals surface area contributed by atoms with Gasteiger partial charge in [0.2, 0.25) is 0 Å². The van der Waals surface area contributed by atoms with E-state index in [2.05, 4.69) is 11.8 Å². The predicted octanol–water partition coefficient (Wildman–Crippen LogP) is 4.95. The molecule has 0 saturated heterocycles. The highest BCUT2D eigenvalue weighted by Gasteiger charge is 2.18. The molecule has 0 aliphatic carbocycles. The first-order chi connectivity index (χ1) is 13.0. The van der Waals surface area contributed by atoms with Crippen LogP contribution in [0, 0.1) is 20.2 Å². The molecule has 0 N–H and O–H groups in total. The van der Waals surface area contributed by atoms with Gasteiger partial charge in [-0.15, -0.1) is 0 Å². The molecular formula is C20H17N3O4. The van der Waals surface area contributed by atoms with Crippen molar-refractivity contribution in [3.63, 3.8) is 0 Å². The molecule has 1 heterocycles. The van der Waals surface area contributed by atoms with Gasteiger partial charge in [0.25, 0.3) is 11.4 Å². The summed E-state index contributed by atoms with van der Waals surface area (Å²) in [6.45, 7) is 2.93. The standard InChI is InChI=1S/C20H17N3O4/c1-2-21-13-12-15(18-8-3-4-9-19(18)21)6-5-7-16-10-11-17(22(24)25)14-20(16)23(26)27/h3-14H,2H2,1H3. The number of hydrogen-bond acceptors (Lipinski definition) is 5. The second-order valence-corrected chi connectivity index (χ2v) is 5.86. The predicted molar refractivity (Wildman–Crippen MR) is 105 cm³/mol. The number of non-ortho nitro benzene ring substituents is 1. The molecule has 2 aromatic rings. The fourth-order valence-corrected chi connectivity index (χ4v) is 2.93. The molecule has 1 aliphatic heterocycles. The number of anilines is 1. The second kappa shape index (κ2) is 7.65. The maximum atomic E-state index is 11.2. The zero-order valence-electron chi connectivity index (χ0n) is 14.6. The second-order valence-electron chi connectivity index (χ2n) is 5.86. The molecule has 27 heavy (non-hydrogen) atoms. The van der Waals surface area contributed by atoms with Crippen molar-refractivity contribution in [3.8, 4) is 0 Å². The van der Waals surface area contributed by atoms with Gasteiger partial charge in [-0.1, -0.05) is 30.4 Å². The van der Waals surface area contributed by atoms with Crippen LogP contribution in [0.3, 0.4) is 0 Å². The van der Waals surface area contributed by atoms with E-state index in [0.29, 0.717) is 5.56 Å². The number of fused-ring (bicyclic) bond motifs is 1. The van der Waals surface area contributed by atoms with Gasteiger partial charge in [-0.25, -0.2) is 0 Å². The lowest BCUT2D eigenvalue weighted by Gasteiger charge is -2.26. The molecule has 0 atom stereocenters. The summed E-state index contributed by atoms with van der Waals surface area (Å²) in [5.74, 6) is 0. The largest absolute Gasteiger partial charge is 0.348 e.